The second-order valence-corrected chi connectivity index (χ2v) is 7.43. The van der Waals surface area contributed by atoms with Crippen molar-refractivity contribution in [3.05, 3.63) is 70.1 Å². The molecule has 0 saturated heterocycles. The Morgan fingerprint density at radius 3 is 2.90 bits per heavy atom. The van der Waals surface area contributed by atoms with Crippen LogP contribution in [0.3, 0.4) is 0 Å². The van der Waals surface area contributed by atoms with Crippen molar-refractivity contribution in [2.75, 3.05) is 5.32 Å². The summed E-state index contributed by atoms with van der Waals surface area (Å²) in [6.07, 6.45) is 0. The Morgan fingerprint density at radius 2 is 2.07 bits per heavy atom. The molecule has 0 aliphatic rings. The van der Waals surface area contributed by atoms with E-state index in [2.05, 4.69) is 20.8 Å². The maximum absolute atomic E-state index is 11.9. The molecule has 0 atom stereocenters. The molecule has 1 N–H and O–H groups in total. The van der Waals surface area contributed by atoms with Crippen LogP contribution in [0.1, 0.15) is 18.1 Å². The van der Waals surface area contributed by atoms with Crippen molar-refractivity contribution in [2.45, 2.75) is 24.8 Å². The zero-order chi connectivity index (χ0) is 20.4. The van der Waals surface area contributed by atoms with Crippen LogP contribution in [0.15, 0.2) is 62.9 Å². The number of thioether (sulfide) groups is 1. The summed E-state index contributed by atoms with van der Waals surface area (Å²) in [7, 11) is 0. The van der Waals surface area contributed by atoms with Crippen molar-refractivity contribution in [2.24, 2.45) is 0 Å². The van der Waals surface area contributed by atoms with E-state index in [9.17, 15) is 9.59 Å². The van der Waals surface area contributed by atoms with Gasteiger partial charge in [-0.1, -0.05) is 30.0 Å². The number of anilines is 1. The zero-order valence-corrected chi connectivity index (χ0v) is 16.6. The minimum absolute atomic E-state index is 0.154. The first-order chi connectivity index (χ1) is 14.0. The molecular formula is C20H17N5O3S. The van der Waals surface area contributed by atoms with E-state index in [1.54, 1.807) is 16.8 Å². The van der Waals surface area contributed by atoms with Crippen LogP contribution < -0.4 is 10.9 Å². The molecule has 9 heteroatoms. The number of benzene rings is 2. The van der Waals surface area contributed by atoms with E-state index in [1.165, 1.54) is 24.8 Å². The number of nitrogens with one attached hydrogen (secondary N) is 1. The van der Waals surface area contributed by atoms with Crippen LogP contribution in [0.2, 0.25) is 0 Å². The van der Waals surface area contributed by atoms with Gasteiger partial charge in [-0.3, -0.25) is 4.79 Å². The highest BCUT2D eigenvalue weighted by Crippen LogP contribution is 2.27. The predicted molar refractivity (Wildman–Crippen MR) is 110 cm³/mol. The van der Waals surface area contributed by atoms with Gasteiger partial charge in [0.05, 0.1) is 5.69 Å². The largest absolute Gasteiger partial charge is 0.423 e. The number of carbonyl (C=O) groups excluding carboxylic acids is 1. The number of carbonyl (C=O) groups is 1. The van der Waals surface area contributed by atoms with Gasteiger partial charge in [-0.2, -0.15) is 4.68 Å². The highest BCUT2D eigenvalue weighted by molar-refractivity contribution is 7.98. The Morgan fingerprint density at radius 1 is 1.21 bits per heavy atom. The summed E-state index contributed by atoms with van der Waals surface area (Å²) in [4.78, 5) is 23.2. The van der Waals surface area contributed by atoms with Crippen LogP contribution in [0.4, 0.5) is 5.69 Å². The lowest BCUT2D eigenvalue weighted by Crippen LogP contribution is -2.07. The van der Waals surface area contributed by atoms with E-state index in [0.717, 1.165) is 22.2 Å². The second kappa shape index (κ2) is 7.88. The average molecular weight is 407 g/mol. The molecule has 29 heavy (non-hydrogen) atoms. The van der Waals surface area contributed by atoms with E-state index >= 15 is 0 Å². The van der Waals surface area contributed by atoms with Gasteiger partial charge >= 0.3 is 5.63 Å². The third kappa shape index (κ3) is 4.19. The topological polar surface area (TPSA) is 103 Å². The number of nitrogens with zero attached hydrogens (tertiary/aromatic N) is 4. The van der Waals surface area contributed by atoms with E-state index in [0.29, 0.717) is 22.2 Å². The summed E-state index contributed by atoms with van der Waals surface area (Å²) in [5, 5.41) is 16.1. The molecule has 8 nitrogen and oxygen atoms in total. The Bertz CT molecular complexity index is 1260. The lowest BCUT2D eigenvalue weighted by atomic mass is 10.1. The summed E-state index contributed by atoms with van der Waals surface area (Å²) < 4.78 is 6.90. The predicted octanol–water partition coefficient (Wildman–Crippen LogP) is 3.33. The summed E-state index contributed by atoms with van der Waals surface area (Å²) in [6.45, 7) is 3.40. The quantitative estimate of drug-likeness (QED) is 0.400. The number of tetrazole rings is 1. The van der Waals surface area contributed by atoms with Crippen LogP contribution in [-0.2, 0) is 10.5 Å². The molecule has 4 aromatic rings. The third-order valence-corrected chi connectivity index (χ3v) is 5.16. The summed E-state index contributed by atoms with van der Waals surface area (Å²) >= 11 is 1.41. The average Bonchev–Trinajstić information content (AvgIpc) is 3.14. The molecule has 0 fully saturated rings. The molecule has 2 heterocycles. The van der Waals surface area contributed by atoms with Crippen molar-refractivity contribution in [3.63, 3.8) is 0 Å². The number of aryl methyl sites for hydroxylation is 1. The highest BCUT2D eigenvalue weighted by atomic mass is 32.2. The van der Waals surface area contributed by atoms with Gasteiger partial charge in [0.25, 0.3) is 0 Å². The molecule has 0 aliphatic heterocycles. The molecule has 2 aromatic carbocycles. The fourth-order valence-corrected chi connectivity index (χ4v) is 3.83. The van der Waals surface area contributed by atoms with Crippen LogP contribution in [0.25, 0.3) is 16.7 Å². The third-order valence-electron chi connectivity index (χ3n) is 4.19. The monoisotopic (exact) mass is 407 g/mol. The highest BCUT2D eigenvalue weighted by Gasteiger charge is 2.12. The SMILES string of the molecule is CC(=O)Nc1cccc(-n2nnnc2SCc2cc(=O)oc3cc(C)ccc23)c1. The van der Waals surface area contributed by atoms with Gasteiger partial charge in [0.15, 0.2) is 0 Å². The first kappa shape index (κ1) is 18.9. The van der Waals surface area contributed by atoms with E-state index < -0.39 is 0 Å². The Balaban J connectivity index is 1.62. The lowest BCUT2D eigenvalue weighted by Gasteiger charge is -2.08. The summed E-state index contributed by atoms with van der Waals surface area (Å²) in [5.41, 5.74) is 3.42. The minimum Gasteiger partial charge on any atom is -0.423 e. The molecule has 0 aliphatic carbocycles. The van der Waals surface area contributed by atoms with E-state index in [1.807, 2.05) is 37.3 Å². The number of aromatic nitrogens is 4. The molecule has 0 unspecified atom stereocenters. The molecule has 0 bridgehead atoms. The summed E-state index contributed by atoms with van der Waals surface area (Å²) in [5.74, 6) is 0.343. The fraction of sp³-hybridized carbons (Fsp3) is 0.150. The van der Waals surface area contributed by atoms with Gasteiger partial charge in [-0.15, -0.1) is 5.10 Å². The van der Waals surface area contributed by atoms with Gasteiger partial charge < -0.3 is 9.73 Å². The van der Waals surface area contributed by atoms with E-state index in [4.69, 9.17) is 4.42 Å². The number of hydrogen-bond donors (Lipinski definition) is 1. The minimum atomic E-state index is -0.388. The maximum Gasteiger partial charge on any atom is 0.336 e. The van der Waals surface area contributed by atoms with Gasteiger partial charge in [-0.25, -0.2) is 4.79 Å². The van der Waals surface area contributed by atoms with Crippen molar-refractivity contribution in [1.29, 1.82) is 0 Å². The molecule has 1 amide bonds. The van der Waals surface area contributed by atoms with Crippen LogP contribution in [0.5, 0.6) is 0 Å². The maximum atomic E-state index is 11.9. The van der Waals surface area contributed by atoms with Gasteiger partial charge in [0.2, 0.25) is 11.1 Å². The molecule has 0 radical (unpaired) electrons. The fourth-order valence-electron chi connectivity index (χ4n) is 2.95. The van der Waals surface area contributed by atoms with Crippen molar-refractivity contribution < 1.29 is 9.21 Å². The summed E-state index contributed by atoms with van der Waals surface area (Å²) in [6, 6.07) is 14.5. The lowest BCUT2D eigenvalue weighted by molar-refractivity contribution is -0.114. The van der Waals surface area contributed by atoms with Crippen LogP contribution in [-0.4, -0.2) is 26.1 Å². The molecule has 0 spiro atoms. The molecule has 4 rings (SSSR count). The zero-order valence-electron chi connectivity index (χ0n) is 15.7. The van der Waals surface area contributed by atoms with Crippen LogP contribution >= 0.6 is 11.8 Å². The molecular weight excluding hydrogens is 390 g/mol. The van der Waals surface area contributed by atoms with Crippen molar-refractivity contribution in [3.8, 4) is 5.69 Å². The first-order valence-electron chi connectivity index (χ1n) is 8.82. The van der Waals surface area contributed by atoms with Gasteiger partial charge in [-0.05, 0) is 52.7 Å². The van der Waals surface area contributed by atoms with E-state index in [-0.39, 0.29) is 11.5 Å². The number of hydrogen-bond acceptors (Lipinski definition) is 7. The molecule has 0 saturated carbocycles. The van der Waals surface area contributed by atoms with Gasteiger partial charge in [0, 0.05) is 29.8 Å². The Kier molecular flexibility index (Phi) is 5.13. The van der Waals surface area contributed by atoms with Gasteiger partial charge in [0.1, 0.15) is 5.58 Å². The number of fused-ring (bicyclic) bond motifs is 1. The van der Waals surface area contributed by atoms with Crippen molar-refractivity contribution >= 4 is 34.3 Å². The normalized spacial score (nSPS) is 11.0. The Hall–Kier alpha value is -3.46. The number of rotatable bonds is 5. The van der Waals surface area contributed by atoms with Crippen LogP contribution in [0, 0.1) is 6.92 Å². The van der Waals surface area contributed by atoms with Crippen molar-refractivity contribution in [1.82, 2.24) is 20.2 Å². The molecule has 2 aromatic heterocycles. The smallest absolute Gasteiger partial charge is 0.336 e. The number of amides is 1. The Labute approximate surface area is 169 Å². The second-order valence-electron chi connectivity index (χ2n) is 6.48. The standard InChI is InChI=1S/C20H17N5O3S/c1-12-6-7-17-14(9-19(27)28-18(17)8-12)11-29-20-22-23-24-25(20)16-5-3-4-15(10-16)21-13(2)26/h3-10H,11H2,1-2H3,(H,21,26). The molecule has 146 valence electrons. The first-order valence-corrected chi connectivity index (χ1v) is 9.81.